The maximum atomic E-state index is 11.8. The molecule has 1 aromatic carbocycles. The Kier molecular flexibility index (Phi) is 7.54. The summed E-state index contributed by atoms with van der Waals surface area (Å²) in [6, 6.07) is 13.3. The van der Waals surface area contributed by atoms with Crippen LogP contribution >= 0.6 is 0 Å². The SMILES string of the molecule is O=C(O)C(c1ccccc1)N1CCC(OCCCCc2ccc3c(n2)NCCC3)CC1. The Morgan fingerprint density at radius 2 is 1.97 bits per heavy atom. The third-order valence-electron chi connectivity index (χ3n) is 6.32. The van der Waals surface area contributed by atoms with E-state index in [2.05, 4.69) is 22.3 Å². The van der Waals surface area contributed by atoms with Crippen LogP contribution in [0.1, 0.15) is 55.0 Å². The lowest BCUT2D eigenvalue weighted by Gasteiger charge is -2.35. The van der Waals surface area contributed by atoms with Gasteiger partial charge in [-0.1, -0.05) is 36.4 Å². The fraction of sp³-hybridized carbons (Fsp3) is 0.520. The highest BCUT2D eigenvalue weighted by atomic mass is 16.5. The van der Waals surface area contributed by atoms with Crippen LogP contribution in [-0.2, 0) is 22.4 Å². The molecule has 0 saturated carbocycles. The molecule has 6 nitrogen and oxygen atoms in total. The molecule has 3 heterocycles. The smallest absolute Gasteiger partial charge is 0.325 e. The van der Waals surface area contributed by atoms with Crippen LogP contribution in [0.4, 0.5) is 5.82 Å². The van der Waals surface area contributed by atoms with Crippen molar-refractivity contribution < 1.29 is 14.6 Å². The molecule has 6 heteroatoms. The molecule has 0 spiro atoms. The van der Waals surface area contributed by atoms with Crippen LogP contribution in [0.5, 0.6) is 0 Å². The largest absolute Gasteiger partial charge is 0.480 e. The van der Waals surface area contributed by atoms with Crippen molar-refractivity contribution in [1.82, 2.24) is 9.88 Å². The van der Waals surface area contributed by atoms with Crippen molar-refractivity contribution in [3.8, 4) is 0 Å². The number of carboxylic acids is 1. The summed E-state index contributed by atoms with van der Waals surface area (Å²) in [7, 11) is 0. The number of rotatable bonds is 9. The Morgan fingerprint density at radius 3 is 2.74 bits per heavy atom. The molecular formula is C25H33N3O3. The molecule has 2 aromatic rings. The number of hydrogen-bond acceptors (Lipinski definition) is 5. The molecule has 166 valence electrons. The van der Waals surface area contributed by atoms with Crippen molar-refractivity contribution in [3.63, 3.8) is 0 Å². The lowest BCUT2D eigenvalue weighted by atomic mass is 10.0. The van der Waals surface area contributed by atoms with Gasteiger partial charge >= 0.3 is 5.97 Å². The van der Waals surface area contributed by atoms with E-state index in [4.69, 9.17) is 9.72 Å². The zero-order chi connectivity index (χ0) is 21.5. The topological polar surface area (TPSA) is 74.7 Å². The second-order valence-corrected chi connectivity index (χ2v) is 8.56. The van der Waals surface area contributed by atoms with Gasteiger partial charge < -0.3 is 15.2 Å². The first-order chi connectivity index (χ1) is 15.2. The van der Waals surface area contributed by atoms with E-state index in [1.54, 1.807) is 0 Å². The number of carboxylic acid groups (broad SMARTS) is 1. The van der Waals surface area contributed by atoms with Gasteiger partial charge in [-0.25, -0.2) is 4.98 Å². The number of carbonyl (C=O) groups is 1. The van der Waals surface area contributed by atoms with E-state index < -0.39 is 12.0 Å². The summed E-state index contributed by atoms with van der Waals surface area (Å²) in [5, 5.41) is 13.1. The predicted molar refractivity (Wildman–Crippen MR) is 121 cm³/mol. The van der Waals surface area contributed by atoms with Gasteiger partial charge in [-0.15, -0.1) is 0 Å². The first-order valence-electron chi connectivity index (χ1n) is 11.6. The first kappa shape index (κ1) is 21.8. The van der Waals surface area contributed by atoms with Crippen molar-refractivity contribution >= 4 is 11.8 Å². The molecule has 0 bridgehead atoms. The number of aryl methyl sites for hydroxylation is 2. The quantitative estimate of drug-likeness (QED) is 0.592. The fourth-order valence-corrected chi connectivity index (χ4v) is 4.61. The zero-order valence-corrected chi connectivity index (χ0v) is 18.1. The normalized spacial score (nSPS) is 18.2. The monoisotopic (exact) mass is 423 g/mol. The minimum Gasteiger partial charge on any atom is -0.480 e. The number of ether oxygens (including phenoxy) is 1. The van der Waals surface area contributed by atoms with Crippen LogP contribution in [0.2, 0.25) is 0 Å². The number of benzene rings is 1. The molecule has 0 radical (unpaired) electrons. The number of nitrogens with zero attached hydrogens (tertiary/aromatic N) is 2. The van der Waals surface area contributed by atoms with Crippen LogP contribution in [-0.4, -0.2) is 53.3 Å². The van der Waals surface area contributed by atoms with Gasteiger partial charge in [0.2, 0.25) is 0 Å². The first-order valence-corrected chi connectivity index (χ1v) is 11.6. The van der Waals surface area contributed by atoms with Crippen molar-refractivity contribution in [1.29, 1.82) is 0 Å². The van der Waals surface area contributed by atoms with Crippen molar-refractivity contribution in [2.75, 3.05) is 31.6 Å². The van der Waals surface area contributed by atoms with E-state index in [-0.39, 0.29) is 6.10 Å². The van der Waals surface area contributed by atoms with Crippen molar-refractivity contribution in [2.24, 2.45) is 0 Å². The van der Waals surface area contributed by atoms with Crippen molar-refractivity contribution in [3.05, 3.63) is 59.3 Å². The van der Waals surface area contributed by atoms with E-state index in [9.17, 15) is 9.90 Å². The Morgan fingerprint density at radius 1 is 1.16 bits per heavy atom. The van der Waals surface area contributed by atoms with Gasteiger partial charge in [-0.2, -0.15) is 0 Å². The highest BCUT2D eigenvalue weighted by Gasteiger charge is 2.31. The summed E-state index contributed by atoms with van der Waals surface area (Å²) in [6.07, 6.45) is 7.38. The second kappa shape index (κ2) is 10.7. The third kappa shape index (κ3) is 5.83. The number of pyridine rings is 1. The van der Waals surface area contributed by atoms with Crippen LogP contribution in [0, 0.1) is 0 Å². The molecule has 1 saturated heterocycles. The molecule has 2 aliphatic heterocycles. The number of piperidine rings is 1. The number of aliphatic carboxylic acids is 1. The molecule has 2 N–H and O–H groups in total. The molecule has 0 amide bonds. The Bertz CT molecular complexity index is 850. The average molecular weight is 424 g/mol. The second-order valence-electron chi connectivity index (χ2n) is 8.56. The van der Waals surface area contributed by atoms with E-state index in [0.717, 1.165) is 81.8 Å². The van der Waals surface area contributed by atoms with Crippen LogP contribution in [0.3, 0.4) is 0 Å². The van der Waals surface area contributed by atoms with Crippen LogP contribution < -0.4 is 5.32 Å². The molecule has 0 aliphatic carbocycles. The van der Waals surface area contributed by atoms with Crippen LogP contribution in [0.15, 0.2) is 42.5 Å². The summed E-state index contributed by atoms with van der Waals surface area (Å²) in [5.74, 6) is 0.290. The summed E-state index contributed by atoms with van der Waals surface area (Å²) in [4.78, 5) is 18.7. The lowest BCUT2D eigenvalue weighted by molar-refractivity contribution is -0.144. The predicted octanol–water partition coefficient (Wildman–Crippen LogP) is 4.07. The molecule has 1 aromatic heterocycles. The highest BCUT2D eigenvalue weighted by Crippen LogP contribution is 2.26. The Balaban J connectivity index is 1.16. The van der Waals surface area contributed by atoms with Gasteiger partial charge in [0.1, 0.15) is 11.9 Å². The lowest BCUT2D eigenvalue weighted by Crippen LogP contribution is -2.42. The van der Waals surface area contributed by atoms with Gasteiger partial charge in [-0.3, -0.25) is 9.69 Å². The summed E-state index contributed by atoms with van der Waals surface area (Å²) < 4.78 is 6.10. The van der Waals surface area contributed by atoms with Gasteiger partial charge in [-0.05, 0) is 62.1 Å². The summed E-state index contributed by atoms with van der Waals surface area (Å²) >= 11 is 0. The number of likely N-dealkylation sites (tertiary alicyclic amines) is 1. The van der Waals surface area contributed by atoms with E-state index in [1.807, 2.05) is 30.3 Å². The highest BCUT2D eigenvalue weighted by molar-refractivity contribution is 5.75. The number of fused-ring (bicyclic) bond motifs is 1. The van der Waals surface area contributed by atoms with Gasteiger partial charge in [0.25, 0.3) is 0 Å². The fourth-order valence-electron chi connectivity index (χ4n) is 4.61. The maximum Gasteiger partial charge on any atom is 0.325 e. The molecule has 4 rings (SSSR count). The zero-order valence-electron chi connectivity index (χ0n) is 18.1. The Hall–Kier alpha value is -2.44. The Labute approximate surface area is 184 Å². The van der Waals surface area contributed by atoms with Crippen molar-refractivity contribution in [2.45, 2.75) is 57.1 Å². The number of unbranched alkanes of at least 4 members (excludes halogenated alkanes) is 1. The molecule has 1 unspecified atom stereocenters. The van der Waals surface area contributed by atoms with Gasteiger partial charge in [0, 0.05) is 31.9 Å². The number of anilines is 1. The molecule has 2 aliphatic rings. The average Bonchev–Trinajstić information content (AvgIpc) is 2.80. The number of aromatic nitrogens is 1. The molecule has 1 fully saturated rings. The maximum absolute atomic E-state index is 11.8. The molecule has 1 atom stereocenters. The standard InChI is InChI=1S/C25H33N3O3/c29-25(30)23(19-7-2-1-3-8-19)28-16-13-22(14-17-28)31-18-5-4-10-21-12-11-20-9-6-15-26-24(20)27-21/h1-3,7-8,11-12,22-23H,4-6,9-10,13-18H2,(H,26,27)(H,29,30). The third-order valence-corrected chi connectivity index (χ3v) is 6.32. The summed E-state index contributed by atoms with van der Waals surface area (Å²) in [6.45, 7) is 3.29. The minimum atomic E-state index is -0.781. The minimum absolute atomic E-state index is 0.229. The summed E-state index contributed by atoms with van der Waals surface area (Å²) in [5.41, 5.74) is 3.34. The van der Waals surface area contributed by atoms with Gasteiger partial charge in [0.15, 0.2) is 0 Å². The molecule has 31 heavy (non-hydrogen) atoms. The van der Waals surface area contributed by atoms with E-state index >= 15 is 0 Å². The van der Waals surface area contributed by atoms with Gasteiger partial charge in [0.05, 0.1) is 6.10 Å². The number of hydrogen-bond donors (Lipinski definition) is 2. The van der Waals surface area contributed by atoms with Crippen LogP contribution in [0.25, 0.3) is 0 Å². The van der Waals surface area contributed by atoms with E-state index in [1.165, 1.54) is 12.0 Å². The number of nitrogens with one attached hydrogen (secondary N) is 1. The molecular weight excluding hydrogens is 390 g/mol. The van der Waals surface area contributed by atoms with E-state index in [0.29, 0.717) is 0 Å².